The highest BCUT2D eigenvalue weighted by Gasteiger charge is 2.26. The smallest absolute Gasteiger partial charge is 0.143 e. The van der Waals surface area contributed by atoms with Gasteiger partial charge in [-0.2, -0.15) is 0 Å². The maximum atomic E-state index is 5.96. The van der Waals surface area contributed by atoms with E-state index in [1.165, 1.54) is 11.3 Å². The summed E-state index contributed by atoms with van der Waals surface area (Å²) in [5.74, 6) is 0.767. The molecule has 1 saturated heterocycles. The molecule has 1 aromatic rings. The number of hydrogen-bond donors (Lipinski definition) is 1. The molecule has 2 N–H and O–H groups in total. The summed E-state index contributed by atoms with van der Waals surface area (Å²) in [6.45, 7) is 13.2. The van der Waals surface area contributed by atoms with E-state index in [-0.39, 0.29) is 5.54 Å². The zero-order valence-corrected chi connectivity index (χ0v) is 13.4. The van der Waals surface area contributed by atoms with Crippen LogP contribution in [-0.4, -0.2) is 43.7 Å². The lowest BCUT2D eigenvalue weighted by atomic mass is 10.0. The van der Waals surface area contributed by atoms with Crippen molar-refractivity contribution in [2.45, 2.75) is 33.2 Å². The van der Waals surface area contributed by atoms with Gasteiger partial charge in [0, 0.05) is 43.5 Å². The van der Waals surface area contributed by atoms with Crippen molar-refractivity contribution in [2.75, 3.05) is 43.9 Å². The second-order valence-electron chi connectivity index (χ2n) is 6.53. The van der Waals surface area contributed by atoms with Gasteiger partial charge in [-0.1, -0.05) is 0 Å². The topological polar surface area (TPSA) is 41.7 Å². The van der Waals surface area contributed by atoms with Gasteiger partial charge in [-0.05, 0) is 39.3 Å². The summed E-state index contributed by atoms with van der Waals surface area (Å²) in [6.07, 6.45) is 0. The Morgan fingerprint density at radius 1 is 1.10 bits per heavy atom. The molecular weight excluding hydrogens is 250 g/mol. The Hall–Kier alpha value is -1.42. The van der Waals surface area contributed by atoms with Crippen LogP contribution >= 0.6 is 0 Å². The van der Waals surface area contributed by atoms with Gasteiger partial charge < -0.3 is 15.4 Å². The van der Waals surface area contributed by atoms with E-state index in [0.29, 0.717) is 5.69 Å². The molecule has 0 amide bonds. The molecular formula is C16H27N3O. The fourth-order valence-electron chi connectivity index (χ4n) is 2.84. The van der Waals surface area contributed by atoms with Crippen molar-refractivity contribution in [1.82, 2.24) is 4.90 Å². The fourth-order valence-corrected chi connectivity index (χ4v) is 2.84. The first-order valence-electron chi connectivity index (χ1n) is 7.27. The zero-order valence-electron chi connectivity index (χ0n) is 13.4. The van der Waals surface area contributed by atoms with Crippen LogP contribution < -0.4 is 15.4 Å². The van der Waals surface area contributed by atoms with E-state index in [1.54, 1.807) is 7.11 Å². The molecule has 112 valence electrons. The lowest BCUT2D eigenvalue weighted by molar-refractivity contribution is 0.128. The molecule has 0 atom stereocenters. The van der Waals surface area contributed by atoms with Crippen LogP contribution in [0.3, 0.4) is 0 Å². The predicted octanol–water partition coefficient (Wildman–Crippen LogP) is 2.51. The lowest BCUT2D eigenvalue weighted by Gasteiger charge is -2.43. The van der Waals surface area contributed by atoms with Gasteiger partial charge in [0.2, 0.25) is 0 Å². The molecule has 1 aliphatic rings. The molecule has 0 radical (unpaired) electrons. The van der Waals surface area contributed by atoms with Crippen molar-refractivity contribution >= 4 is 11.4 Å². The van der Waals surface area contributed by atoms with Crippen LogP contribution in [0.1, 0.15) is 26.3 Å². The van der Waals surface area contributed by atoms with E-state index < -0.39 is 0 Å². The Kier molecular flexibility index (Phi) is 4.14. The number of piperazine rings is 1. The summed E-state index contributed by atoms with van der Waals surface area (Å²) in [4.78, 5) is 4.97. The van der Waals surface area contributed by atoms with Crippen LogP contribution in [0.4, 0.5) is 11.4 Å². The average molecular weight is 277 g/mol. The molecule has 0 bridgehead atoms. The molecule has 0 aromatic heterocycles. The van der Waals surface area contributed by atoms with E-state index in [9.17, 15) is 0 Å². The van der Waals surface area contributed by atoms with Crippen LogP contribution in [0.25, 0.3) is 0 Å². The van der Waals surface area contributed by atoms with Crippen LogP contribution in [0.5, 0.6) is 5.75 Å². The van der Waals surface area contributed by atoms with Gasteiger partial charge in [0.25, 0.3) is 0 Å². The Morgan fingerprint density at radius 3 is 2.20 bits per heavy atom. The summed E-state index contributed by atoms with van der Waals surface area (Å²) in [6, 6.07) is 4.07. The number of nitrogens with zero attached hydrogens (tertiary/aromatic N) is 2. The minimum atomic E-state index is 0.250. The summed E-state index contributed by atoms with van der Waals surface area (Å²) in [5, 5.41) is 0. The van der Waals surface area contributed by atoms with Gasteiger partial charge in [-0.25, -0.2) is 0 Å². The predicted molar refractivity (Wildman–Crippen MR) is 85.7 cm³/mol. The quantitative estimate of drug-likeness (QED) is 0.843. The second-order valence-corrected chi connectivity index (χ2v) is 6.53. The highest BCUT2D eigenvalue weighted by Crippen LogP contribution is 2.32. The van der Waals surface area contributed by atoms with Gasteiger partial charge in [0.05, 0.1) is 12.8 Å². The van der Waals surface area contributed by atoms with Gasteiger partial charge in [-0.15, -0.1) is 0 Å². The van der Waals surface area contributed by atoms with Crippen LogP contribution in [-0.2, 0) is 0 Å². The van der Waals surface area contributed by atoms with Crippen molar-refractivity contribution in [1.29, 1.82) is 0 Å². The van der Waals surface area contributed by atoms with Crippen molar-refractivity contribution in [3.05, 3.63) is 17.7 Å². The Labute approximate surface area is 122 Å². The Bertz CT molecular complexity index is 471. The number of nitrogen functional groups attached to an aromatic ring is 1. The van der Waals surface area contributed by atoms with Gasteiger partial charge in [0.15, 0.2) is 0 Å². The Morgan fingerprint density at radius 2 is 1.70 bits per heavy atom. The lowest BCUT2D eigenvalue weighted by Crippen LogP contribution is -2.53. The van der Waals surface area contributed by atoms with Gasteiger partial charge >= 0.3 is 0 Å². The van der Waals surface area contributed by atoms with Crippen LogP contribution in [0.2, 0.25) is 0 Å². The van der Waals surface area contributed by atoms with Gasteiger partial charge in [-0.3, -0.25) is 4.90 Å². The third-order valence-electron chi connectivity index (χ3n) is 4.12. The van der Waals surface area contributed by atoms with Gasteiger partial charge in [0.1, 0.15) is 5.75 Å². The highest BCUT2D eigenvalue weighted by molar-refractivity contribution is 5.66. The first-order chi connectivity index (χ1) is 9.32. The summed E-state index contributed by atoms with van der Waals surface area (Å²) < 4.78 is 5.34. The van der Waals surface area contributed by atoms with Crippen molar-refractivity contribution < 1.29 is 4.74 Å². The third kappa shape index (κ3) is 3.01. The van der Waals surface area contributed by atoms with E-state index in [0.717, 1.165) is 31.9 Å². The Balaban J connectivity index is 2.15. The molecule has 4 nitrogen and oxygen atoms in total. The number of hydrogen-bond acceptors (Lipinski definition) is 4. The SMILES string of the molecule is COc1cc(N2CCN(C(C)(C)C)CC2)c(C)cc1N. The van der Waals surface area contributed by atoms with Crippen molar-refractivity contribution in [2.24, 2.45) is 0 Å². The average Bonchev–Trinajstić information content (AvgIpc) is 2.38. The first-order valence-corrected chi connectivity index (χ1v) is 7.27. The highest BCUT2D eigenvalue weighted by atomic mass is 16.5. The molecule has 0 spiro atoms. The van der Waals surface area contributed by atoms with Crippen molar-refractivity contribution in [3.8, 4) is 5.75 Å². The molecule has 0 saturated carbocycles. The summed E-state index contributed by atoms with van der Waals surface area (Å²) >= 11 is 0. The molecule has 20 heavy (non-hydrogen) atoms. The van der Waals surface area contributed by atoms with E-state index in [2.05, 4.69) is 43.6 Å². The first kappa shape index (κ1) is 15.0. The van der Waals surface area contributed by atoms with E-state index in [1.807, 2.05) is 6.07 Å². The monoisotopic (exact) mass is 277 g/mol. The molecule has 1 aromatic carbocycles. The standard InChI is InChI=1S/C16H27N3O/c1-12-10-13(17)15(20-5)11-14(12)18-6-8-19(9-7-18)16(2,3)4/h10-11H,6-9,17H2,1-5H3. The number of benzene rings is 1. The molecule has 2 rings (SSSR count). The molecule has 4 heteroatoms. The number of ether oxygens (including phenoxy) is 1. The van der Waals surface area contributed by atoms with Crippen molar-refractivity contribution in [3.63, 3.8) is 0 Å². The number of nitrogens with two attached hydrogens (primary N) is 1. The number of anilines is 2. The molecule has 0 aliphatic carbocycles. The summed E-state index contributed by atoms with van der Waals surface area (Å²) in [7, 11) is 1.67. The third-order valence-corrected chi connectivity index (χ3v) is 4.12. The maximum absolute atomic E-state index is 5.96. The normalized spacial score (nSPS) is 17.4. The molecule has 0 unspecified atom stereocenters. The van der Waals surface area contributed by atoms with E-state index >= 15 is 0 Å². The van der Waals surface area contributed by atoms with E-state index in [4.69, 9.17) is 10.5 Å². The molecule has 1 fully saturated rings. The molecule has 1 aliphatic heterocycles. The zero-order chi connectivity index (χ0) is 14.9. The second kappa shape index (κ2) is 5.52. The van der Waals surface area contributed by atoms with Crippen LogP contribution in [0, 0.1) is 6.92 Å². The summed E-state index contributed by atoms with van der Waals surface area (Å²) in [5.41, 5.74) is 9.37. The van der Waals surface area contributed by atoms with Crippen LogP contribution in [0.15, 0.2) is 12.1 Å². The largest absolute Gasteiger partial charge is 0.495 e. The molecule has 1 heterocycles. The maximum Gasteiger partial charge on any atom is 0.143 e. The fraction of sp³-hybridized carbons (Fsp3) is 0.625. The number of rotatable bonds is 2. The number of methoxy groups -OCH3 is 1. The number of aryl methyl sites for hydroxylation is 1. The minimum absolute atomic E-state index is 0.250. The minimum Gasteiger partial charge on any atom is -0.495 e.